The van der Waals surface area contributed by atoms with E-state index in [1.807, 2.05) is 39.0 Å². The van der Waals surface area contributed by atoms with Crippen LogP contribution in [-0.2, 0) is 11.4 Å². The maximum absolute atomic E-state index is 11.8. The Morgan fingerprint density at radius 2 is 2.08 bits per heavy atom. The van der Waals surface area contributed by atoms with E-state index in [-0.39, 0.29) is 5.91 Å². The van der Waals surface area contributed by atoms with Crippen LogP contribution in [0.2, 0.25) is 0 Å². The molecule has 0 unspecified atom stereocenters. The lowest BCUT2D eigenvalue weighted by molar-refractivity contribution is -0.124. The molecule has 0 radical (unpaired) electrons. The van der Waals surface area contributed by atoms with E-state index in [2.05, 4.69) is 5.16 Å². The van der Waals surface area contributed by atoms with Crippen LogP contribution >= 0.6 is 0 Å². The van der Waals surface area contributed by atoms with Crippen molar-refractivity contribution >= 4 is 12.0 Å². The van der Waals surface area contributed by atoms with E-state index >= 15 is 0 Å². The molecule has 0 aliphatic heterocycles. The summed E-state index contributed by atoms with van der Waals surface area (Å²) >= 11 is 0. The van der Waals surface area contributed by atoms with E-state index < -0.39 is 0 Å². The van der Waals surface area contributed by atoms with Crippen molar-refractivity contribution in [1.29, 1.82) is 0 Å². The molecular weight excluding hydrogens is 320 g/mol. The quantitative estimate of drug-likeness (QED) is 0.721. The molecular formula is C19H24N2O4. The van der Waals surface area contributed by atoms with E-state index in [1.165, 1.54) is 0 Å². The molecule has 1 aromatic carbocycles. The zero-order valence-corrected chi connectivity index (χ0v) is 15.3. The van der Waals surface area contributed by atoms with Crippen molar-refractivity contribution in [2.24, 2.45) is 0 Å². The Bertz CT molecular complexity index is 745. The Morgan fingerprint density at radius 1 is 1.32 bits per heavy atom. The number of carbonyl (C=O) groups excluding carboxylic acids is 1. The first-order valence-corrected chi connectivity index (χ1v) is 8.12. The first kappa shape index (κ1) is 18.6. The van der Waals surface area contributed by atoms with Gasteiger partial charge >= 0.3 is 0 Å². The average molecular weight is 344 g/mol. The minimum absolute atomic E-state index is 0.0415. The summed E-state index contributed by atoms with van der Waals surface area (Å²) in [7, 11) is 3.35. The Morgan fingerprint density at radius 3 is 2.68 bits per heavy atom. The zero-order valence-electron chi connectivity index (χ0n) is 15.3. The molecule has 0 saturated heterocycles. The number of rotatable bonds is 7. The van der Waals surface area contributed by atoms with E-state index in [0.717, 1.165) is 22.6 Å². The third-order valence-electron chi connectivity index (χ3n) is 4.01. The van der Waals surface area contributed by atoms with Gasteiger partial charge in [0.2, 0.25) is 5.91 Å². The number of carbonyl (C=O) groups is 1. The number of benzene rings is 1. The second kappa shape index (κ2) is 8.37. The summed E-state index contributed by atoms with van der Waals surface area (Å²) in [5, 5.41) is 3.92. The smallest absolute Gasteiger partial charge is 0.246 e. The number of aryl methyl sites for hydroxylation is 2. The Hall–Kier alpha value is -2.76. The molecule has 1 amide bonds. The van der Waals surface area contributed by atoms with Gasteiger partial charge in [0.15, 0.2) is 11.5 Å². The predicted molar refractivity (Wildman–Crippen MR) is 95.6 cm³/mol. The van der Waals surface area contributed by atoms with E-state index in [0.29, 0.717) is 24.7 Å². The van der Waals surface area contributed by atoms with Crippen LogP contribution in [-0.4, -0.2) is 36.7 Å². The monoisotopic (exact) mass is 344 g/mol. The number of amides is 1. The van der Waals surface area contributed by atoms with Crippen molar-refractivity contribution in [3.05, 3.63) is 46.9 Å². The minimum Gasteiger partial charge on any atom is -0.493 e. The molecule has 0 aliphatic carbocycles. The van der Waals surface area contributed by atoms with Gasteiger partial charge in [-0.3, -0.25) is 4.79 Å². The van der Waals surface area contributed by atoms with Gasteiger partial charge < -0.3 is 18.9 Å². The average Bonchev–Trinajstić information content (AvgIpc) is 2.95. The molecule has 134 valence electrons. The highest BCUT2D eigenvalue weighted by Gasteiger charge is 2.12. The topological polar surface area (TPSA) is 64.8 Å². The number of likely N-dealkylation sites (N-methyl/N-ethyl adjacent to an activating group) is 1. The first-order valence-electron chi connectivity index (χ1n) is 8.12. The molecule has 2 rings (SSSR count). The molecule has 1 heterocycles. The molecule has 1 aromatic heterocycles. The Balaban J connectivity index is 2.11. The fraction of sp³-hybridized carbons (Fsp3) is 0.368. The number of nitrogens with zero attached hydrogens (tertiary/aromatic N) is 2. The van der Waals surface area contributed by atoms with Crippen LogP contribution < -0.4 is 9.47 Å². The van der Waals surface area contributed by atoms with Crippen molar-refractivity contribution in [3.63, 3.8) is 0 Å². The van der Waals surface area contributed by atoms with Crippen LogP contribution in [0.5, 0.6) is 11.5 Å². The molecule has 0 aliphatic rings. The highest BCUT2D eigenvalue weighted by molar-refractivity contribution is 5.91. The van der Waals surface area contributed by atoms with Crippen molar-refractivity contribution in [3.8, 4) is 11.5 Å². The minimum atomic E-state index is -0.0415. The van der Waals surface area contributed by atoms with Crippen LogP contribution in [0.15, 0.2) is 28.8 Å². The SMILES string of the molecule is CCN(C)C(=O)/C=C/c1ccc(OCc2c(C)noc2C)c(OC)c1. The summed E-state index contributed by atoms with van der Waals surface area (Å²) in [6.07, 6.45) is 3.30. The van der Waals surface area contributed by atoms with Gasteiger partial charge in [0.25, 0.3) is 0 Å². The lowest BCUT2D eigenvalue weighted by atomic mass is 10.1. The summed E-state index contributed by atoms with van der Waals surface area (Å²) in [6, 6.07) is 5.53. The molecule has 6 heteroatoms. The van der Waals surface area contributed by atoms with E-state index in [9.17, 15) is 4.79 Å². The second-order valence-electron chi connectivity index (χ2n) is 5.69. The highest BCUT2D eigenvalue weighted by Crippen LogP contribution is 2.30. The molecule has 0 saturated carbocycles. The van der Waals surface area contributed by atoms with E-state index in [1.54, 1.807) is 31.2 Å². The summed E-state index contributed by atoms with van der Waals surface area (Å²) < 4.78 is 16.4. The third-order valence-corrected chi connectivity index (χ3v) is 4.01. The molecule has 0 bridgehead atoms. The van der Waals surface area contributed by atoms with Crippen molar-refractivity contribution < 1.29 is 18.8 Å². The molecule has 25 heavy (non-hydrogen) atoms. The molecule has 6 nitrogen and oxygen atoms in total. The Labute approximate surface area is 148 Å². The van der Waals surface area contributed by atoms with Gasteiger partial charge in [0.1, 0.15) is 12.4 Å². The Kier molecular flexibility index (Phi) is 6.22. The molecule has 2 aromatic rings. The van der Waals surface area contributed by atoms with Gasteiger partial charge in [-0.2, -0.15) is 0 Å². The number of methoxy groups -OCH3 is 1. The summed E-state index contributed by atoms with van der Waals surface area (Å²) in [5.74, 6) is 1.93. The van der Waals surface area contributed by atoms with E-state index in [4.69, 9.17) is 14.0 Å². The standard InChI is InChI=1S/C19H24N2O4/c1-6-21(4)19(22)10-8-15-7-9-17(18(11-15)23-5)24-12-16-13(2)20-25-14(16)3/h7-11H,6,12H2,1-5H3/b10-8+. The van der Waals surface area contributed by atoms with Crippen LogP contribution in [0.1, 0.15) is 29.5 Å². The normalized spacial score (nSPS) is 10.9. The second-order valence-corrected chi connectivity index (χ2v) is 5.69. The third kappa shape index (κ3) is 4.62. The van der Waals surface area contributed by atoms with Gasteiger partial charge in [0.05, 0.1) is 18.4 Å². The largest absolute Gasteiger partial charge is 0.493 e. The summed E-state index contributed by atoms with van der Waals surface area (Å²) in [6.45, 7) is 6.69. The van der Waals surface area contributed by atoms with Crippen LogP contribution in [0.25, 0.3) is 6.08 Å². The molecule has 0 fully saturated rings. The fourth-order valence-electron chi connectivity index (χ4n) is 2.22. The maximum atomic E-state index is 11.8. The zero-order chi connectivity index (χ0) is 18.4. The van der Waals surface area contributed by atoms with Crippen LogP contribution in [0, 0.1) is 13.8 Å². The number of ether oxygens (including phenoxy) is 2. The van der Waals surface area contributed by atoms with Gasteiger partial charge in [0, 0.05) is 19.7 Å². The van der Waals surface area contributed by atoms with Gasteiger partial charge in [-0.25, -0.2) is 0 Å². The van der Waals surface area contributed by atoms with Crippen LogP contribution in [0.4, 0.5) is 0 Å². The summed E-state index contributed by atoms with van der Waals surface area (Å²) in [5.41, 5.74) is 2.60. The number of hydrogen-bond donors (Lipinski definition) is 0. The molecule has 0 atom stereocenters. The predicted octanol–water partition coefficient (Wildman–Crippen LogP) is 3.37. The first-order chi connectivity index (χ1) is 12.0. The van der Waals surface area contributed by atoms with Crippen LogP contribution in [0.3, 0.4) is 0 Å². The molecule has 0 spiro atoms. The van der Waals surface area contributed by atoms with Gasteiger partial charge in [-0.05, 0) is 44.5 Å². The van der Waals surface area contributed by atoms with Gasteiger partial charge in [-0.15, -0.1) is 0 Å². The van der Waals surface area contributed by atoms with Crippen molar-refractivity contribution in [2.45, 2.75) is 27.4 Å². The lowest BCUT2D eigenvalue weighted by Gasteiger charge is -2.12. The van der Waals surface area contributed by atoms with Crippen molar-refractivity contribution in [1.82, 2.24) is 10.1 Å². The van der Waals surface area contributed by atoms with Gasteiger partial charge in [-0.1, -0.05) is 11.2 Å². The lowest BCUT2D eigenvalue weighted by Crippen LogP contribution is -2.23. The molecule has 0 N–H and O–H groups in total. The fourth-order valence-corrected chi connectivity index (χ4v) is 2.22. The van der Waals surface area contributed by atoms with Crippen molar-refractivity contribution in [2.75, 3.05) is 20.7 Å². The summed E-state index contributed by atoms with van der Waals surface area (Å²) in [4.78, 5) is 13.5. The number of aromatic nitrogens is 1. The highest BCUT2D eigenvalue weighted by atomic mass is 16.5. The number of hydrogen-bond acceptors (Lipinski definition) is 5. The maximum Gasteiger partial charge on any atom is 0.246 e.